The second kappa shape index (κ2) is 20.0. The number of aliphatic hydroxyl groups is 2. The molecule has 0 bridgehead atoms. The molecule has 0 unspecified atom stereocenters. The Labute approximate surface area is 315 Å². The number of hydrogen-bond acceptors (Lipinski definition) is 10. The Hall–Kier alpha value is -2.59. The molecule has 1 aliphatic heterocycles. The van der Waals surface area contributed by atoms with Gasteiger partial charge in [0.05, 0.1) is 24.3 Å². The molecule has 3 rings (SSSR count). The molecule has 2 aliphatic rings. The van der Waals surface area contributed by atoms with Gasteiger partial charge in [-0.15, -0.1) is 0 Å². The van der Waals surface area contributed by atoms with Crippen molar-refractivity contribution in [3.63, 3.8) is 0 Å². The Bertz CT molecular complexity index is 1350. The molecule has 0 saturated carbocycles. The average molecular weight is 829 g/mol. The molecular weight excluding hydrogens is 771 g/mol. The van der Waals surface area contributed by atoms with Crippen LogP contribution in [0.1, 0.15) is 123 Å². The third-order valence-corrected chi connectivity index (χ3v) is 9.82. The van der Waals surface area contributed by atoms with Crippen molar-refractivity contribution in [1.82, 2.24) is 10.6 Å². The van der Waals surface area contributed by atoms with E-state index in [2.05, 4.69) is 47.1 Å². The summed E-state index contributed by atoms with van der Waals surface area (Å²) in [5, 5.41) is 25.7. The molecule has 4 N–H and O–H groups in total. The van der Waals surface area contributed by atoms with Gasteiger partial charge in [0.15, 0.2) is 5.79 Å². The van der Waals surface area contributed by atoms with Gasteiger partial charge < -0.3 is 39.8 Å². The first-order valence-electron chi connectivity index (χ1n) is 18.3. The maximum atomic E-state index is 13.8. The van der Waals surface area contributed by atoms with Gasteiger partial charge in [0.25, 0.3) is 0 Å². The summed E-state index contributed by atoms with van der Waals surface area (Å²) in [5.41, 5.74) is -0.0637. The number of fused-ring (bicyclic) bond motifs is 1. The summed E-state index contributed by atoms with van der Waals surface area (Å²) >= 11 is 2.08. The Morgan fingerprint density at radius 3 is 2.24 bits per heavy atom. The highest BCUT2D eigenvalue weighted by Crippen LogP contribution is 2.43. The van der Waals surface area contributed by atoms with Gasteiger partial charge in [-0.05, 0) is 87.8 Å². The van der Waals surface area contributed by atoms with Crippen LogP contribution in [0.2, 0.25) is 0 Å². The molecule has 1 heterocycles. The largest absolute Gasteiger partial charge is 0.460 e. The zero-order valence-electron chi connectivity index (χ0n) is 30.9. The Kier molecular flexibility index (Phi) is 16.8. The molecule has 0 spiro atoms. The van der Waals surface area contributed by atoms with Crippen LogP contribution in [0.25, 0.3) is 0 Å². The Morgan fingerprint density at radius 1 is 1.02 bits per heavy atom. The summed E-state index contributed by atoms with van der Waals surface area (Å²) in [7, 11) is 0. The second-order valence-electron chi connectivity index (χ2n) is 14.5. The minimum absolute atomic E-state index is 0.00514. The third-order valence-electron chi connectivity index (χ3n) is 8.88. The molecule has 1 aromatic carbocycles. The van der Waals surface area contributed by atoms with E-state index in [0.717, 1.165) is 42.1 Å². The zero-order chi connectivity index (χ0) is 37.8. The summed E-state index contributed by atoms with van der Waals surface area (Å²) < 4.78 is 25.4. The minimum Gasteiger partial charge on any atom is -0.460 e. The molecule has 0 aromatic heterocycles. The summed E-state index contributed by atoms with van der Waals surface area (Å²) in [6, 6.07) is 4.86. The maximum absolute atomic E-state index is 13.8. The number of carbonyl (C=O) groups excluding carboxylic acids is 4. The third kappa shape index (κ3) is 13.1. The van der Waals surface area contributed by atoms with Gasteiger partial charge in [0.2, 0.25) is 11.8 Å². The lowest BCUT2D eigenvalue weighted by Crippen LogP contribution is -2.55. The normalized spacial score (nSPS) is 21.4. The monoisotopic (exact) mass is 828 g/mol. The lowest BCUT2D eigenvalue weighted by Gasteiger charge is -2.32. The van der Waals surface area contributed by atoms with Crippen molar-refractivity contribution >= 4 is 46.3 Å². The van der Waals surface area contributed by atoms with Crippen molar-refractivity contribution in [2.75, 3.05) is 6.61 Å². The number of benzene rings is 1. The molecular formula is C38H57IN2O10. The lowest BCUT2D eigenvalue weighted by atomic mass is 9.91. The molecule has 0 radical (unpaired) electrons. The first-order valence-corrected chi connectivity index (χ1v) is 19.3. The first-order chi connectivity index (χ1) is 24.1. The summed E-state index contributed by atoms with van der Waals surface area (Å²) in [6.07, 6.45) is 5.37. The number of amides is 2. The number of ether oxygens (including phenoxy) is 4. The van der Waals surface area contributed by atoms with E-state index in [-0.39, 0.29) is 24.8 Å². The van der Waals surface area contributed by atoms with Crippen molar-refractivity contribution in [1.29, 1.82) is 0 Å². The topological polar surface area (TPSA) is 170 Å². The number of halogens is 1. The Balaban J connectivity index is 1.83. The van der Waals surface area contributed by atoms with E-state index in [9.17, 15) is 29.4 Å². The molecule has 6 atom stereocenters. The van der Waals surface area contributed by atoms with Crippen molar-refractivity contribution in [3.8, 4) is 0 Å². The highest BCUT2D eigenvalue weighted by atomic mass is 127. The molecule has 51 heavy (non-hydrogen) atoms. The second-order valence-corrected chi connectivity index (χ2v) is 15.7. The molecule has 13 heteroatoms. The van der Waals surface area contributed by atoms with E-state index in [4.69, 9.17) is 18.9 Å². The van der Waals surface area contributed by atoms with Gasteiger partial charge in [-0.1, -0.05) is 51.7 Å². The van der Waals surface area contributed by atoms with Gasteiger partial charge in [0, 0.05) is 34.8 Å². The number of esters is 2. The molecule has 286 valence electrons. The fourth-order valence-electron chi connectivity index (χ4n) is 6.25. The predicted molar refractivity (Wildman–Crippen MR) is 200 cm³/mol. The lowest BCUT2D eigenvalue weighted by molar-refractivity contribution is -0.190. The van der Waals surface area contributed by atoms with Gasteiger partial charge in [-0.3, -0.25) is 14.4 Å². The highest BCUT2D eigenvalue weighted by molar-refractivity contribution is 14.1. The predicted octanol–water partition coefficient (Wildman–Crippen LogP) is 5.25. The van der Waals surface area contributed by atoms with E-state index >= 15 is 0 Å². The maximum Gasteiger partial charge on any atom is 0.339 e. The molecule has 1 aromatic rings. The number of nitrogens with one attached hydrogen (secondary N) is 2. The highest BCUT2D eigenvalue weighted by Gasteiger charge is 2.52. The number of aliphatic hydroxyl groups excluding tert-OH is 2. The van der Waals surface area contributed by atoms with Crippen molar-refractivity contribution in [2.45, 2.75) is 160 Å². The minimum atomic E-state index is -1.39. The van der Waals surface area contributed by atoms with E-state index in [0.29, 0.717) is 18.4 Å². The standard InChI is InChI=1S/C38H57IN2O10/c1-7-9-13-19-38(20-14-10-8-2)49-30-22-25(21-29(33(30)51-38)48-36(47)27-15-11-12-16-28(27)39)34(45)41-32(24(3)43)35(46)40-26(23-42)17-18-31(44)50-37(4,5)6/h11-12,15-16,22,24,26,29-30,32-33,42-43H,7-10,13-14,17-21,23H2,1-6H3,(H,40,46)(H,41,45)/t24-,26-,29+,30+,32+,33-/m0/s1. The smallest absolute Gasteiger partial charge is 0.339 e. The first kappa shape index (κ1) is 42.8. The van der Waals surface area contributed by atoms with Crippen LogP contribution < -0.4 is 10.6 Å². The van der Waals surface area contributed by atoms with Crippen molar-refractivity contribution < 1.29 is 48.3 Å². The van der Waals surface area contributed by atoms with Crippen LogP contribution in [-0.4, -0.2) is 88.5 Å². The average Bonchev–Trinajstić information content (AvgIpc) is 3.43. The fourth-order valence-corrected chi connectivity index (χ4v) is 6.86. The van der Waals surface area contributed by atoms with Crippen LogP contribution >= 0.6 is 22.6 Å². The van der Waals surface area contributed by atoms with Gasteiger partial charge >= 0.3 is 11.9 Å². The van der Waals surface area contributed by atoms with E-state index in [1.807, 2.05) is 6.07 Å². The number of unbranched alkanes of at least 4 members (excludes halogenated alkanes) is 4. The van der Waals surface area contributed by atoms with Crippen molar-refractivity contribution in [3.05, 3.63) is 45.0 Å². The summed E-state index contributed by atoms with van der Waals surface area (Å²) in [4.78, 5) is 52.8. The van der Waals surface area contributed by atoms with Gasteiger partial charge in [-0.25, -0.2) is 4.79 Å². The van der Waals surface area contributed by atoms with Crippen molar-refractivity contribution in [2.24, 2.45) is 0 Å². The van der Waals surface area contributed by atoms with Crippen LogP contribution in [0.15, 0.2) is 35.9 Å². The molecule has 2 amide bonds. The quantitative estimate of drug-likeness (QED) is 0.0821. The fraction of sp³-hybridized carbons (Fsp3) is 0.684. The van der Waals surface area contributed by atoms with Gasteiger partial charge in [0.1, 0.15) is 30.0 Å². The summed E-state index contributed by atoms with van der Waals surface area (Å²) in [6.45, 7) is 10.4. The Morgan fingerprint density at radius 2 is 1.67 bits per heavy atom. The van der Waals surface area contributed by atoms with E-state index < -0.39 is 78.2 Å². The number of carbonyl (C=O) groups is 4. The van der Waals surface area contributed by atoms with Gasteiger partial charge in [-0.2, -0.15) is 0 Å². The van der Waals surface area contributed by atoms with Crippen LogP contribution in [0, 0.1) is 3.57 Å². The number of rotatable bonds is 19. The van der Waals surface area contributed by atoms with E-state index in [1.165, 1.54) is 6.92 Å². The van der Waals surface area contributed by atoms with Crippen LogP contribution in [0.5, 0.6) is 0 Å². The zero-order valence-corrected chi connectivity index (χ0v) is 33.0. The number of hydrogen-bond donors (Lipinski definition) is 4. The molecule has 1 aliphatic carbocycles. The molecule has 1 fully saturated rings. The summed E-state index contributed by atoms with van der Waals surface area (Å²) in [5.74, 6) is -3.30. The van der Waals surface area contributed by atoms with E-state index in [1.54, 1.807) is 45.0 Å². The van der Waals surface area contributed by atoms with Crippen LogP contribution in [0.4, 0.5) is 0 Å². The molecule has 1 saturated heterocycles. The SMILES string of the molecule is CCCCCC1(CCCCC)O[C@@H]2[C@@H](C=C(C(=O)N[C@@H](C(=O)N[C@H](CO)CCC(=O)OC(C)(C)C)[C@H](C)O)C[C@H]2OC(=O)c2ccccc2I)O1. The molecule has 12 nitrogen and oxygen atoms in total. The van der Waals surface area contributed by atoms with Crippen LogP contribution in [0.3, 0.4) is 0 Å². The van der Waals surface area contributed by atoms with Crippen LogP contribution in [-0.2, 0) is 33.3 Å².